The smallest absolute Gasteiger partial charge is 0.308 e. The predicted molar refractivity (Wildman–Crippen MR) is 87.5 cm³/mol. The summed E-state index contributed by atoms with van der Waals surface area (Å²) in [6.07, 6.45) is 0. The topological polar surface area (TPSA) is 55.8 Å². The molecule has 1 heterocycles. The SMILES string of the molecule is CC(=O)Oc1cc(C)cc2c1-c1cc(CO)ccc1C(C)(C)O2. The van der Waals surface area contributed by atoms with Crippen LogP contribution in [0, 0.1) is 6.92 Å². The van der Waals surface area contributed by atoms with Crippen LogP contribution in [0.4, 0.5) is 0 Å². The van der Waals surface area contributed by atoms with Crippen LogP contribution in [0.15, 0.2) is 30.3 Å². The first kappa shape index (κ1) is 15.6. The Hall–Kier alpha value is -2.33. The maximum absolute atomic E-state index is 11.5. The van der Waals surface area contributed by atoms with Crippen molar-refractivity contribution in [1.82, 2.24) is 0 Å². The number of carbonyl (C=O) groups is 1. The highest BCUT2D eigenvalue weighted by molar-refractivity contribution is 5.85. The van der Waals surface area contributed by atoms with E-state index in [9.17, 15) is 9.90 Å². The van der Waals surface area contributed by atoms with Crippen molar-refractivity contribution < 1.29 is 19.4 Å². The Morgan fingerprint density at radius 3 is 2.65 bits per heavy atom. The van der Waals surface area contributed by atoms with Crippen molar-refractivity contribution in [2.24, 2.45) is 0 Å². The average Bonchev–Trinajstić information content (AvgIpc) is 2.44. The highest BCUT2D eigenvalue weighted by atomic mass is 16.5. The molecular formula is C19H20O4. The van der Waals surface area contributed by atoms with E-state index < -0.39 is 5.60 Å². The van der Waals surface area contributed by atoms with Crippen LogP contribution in [0.25, 0.3) is 11.1 Å². The van der Waals surface area contributed by atoms with Gasteiger partial charge in [0.25, 0.3) is 0 Å². The van der Waals surface area contributed by atoms with E-state index in [0.29, 0.717) is 11.5 Å². The minimum absolute atomic E-state index is 0.0430. The molecule has 0 radical (unpaired) electrons. The molecular weight excluding hydrogens is 292 g/mol. The molecule has 0 bridgehead atoms. The molecule has 1 N–H and O–H groups in total. The summed E-state index contributed by atoms with van der Waals surface area (Å²) in [7, 11) is 0. The molecule has 0 spiro atoms. The normalized spacial score (nSPS) is 14.5. The second-order valence-electron chi connectivity index (χ2n) is 6.38. The van der Waals surface area contributed by atoms with Crippen LogP contribution in [-0.4, -0.2) is 11.1 Å². The van der Waals surface area contributed by atoms with Crippen LogP contribution in [0.1, 0.15) is 37.5 Å². The van der Waals surface area contributed by atoms with Crippen molar-refractivity contribution in [2.45, 2.75) is 39.9 Å². The molecule has 3 rings (SSSR count). The van der Waals surface area contributed by atoms with E-state index in [1.165, 1.54) is 6.92 Å². The number of benzene rings is 2. The number of aliphatic hydroxyl groups excluding tert-OH is 1. The Kier molecular flexibility index (Phi) is 3.65. The van der Waals surface area contributed by atoms with Gasteiger partial charge in [0.1, 0.15) is 17.1 Å². The summed E-state index contributed by atoms with van der Waals surface area (Å²) in [6.45, 7) is 7.28. The first-order valence-corrected chi connectivity index (χ1v) is 7.58. The Bertz CT molecular complexity index is 790. The first-order chi connectivity index (χ1) is 10.8. The Morgan fingerprint density at radius 1 is 1.26 bits per heavy atom. The van der Waals surface area contributed by atoms with Gasteiger partial charge in [0.2, 0.25) is 0 Å². The Labute approximate surface area is 135 Å². The summed E-state index contributed by atoms with van der Waals surface area (Å²) in [4.78, 5) is 11.5. The zero-order valence-electron chi connectivity index (χ0n) is 13.8. The summed E-state index contributed by atoms with van der Waals surface area (Å²) in [5, 5.41) is 9.46. The fourth-order valence-corrected chi connectivity index (χ4v) is 3.05. The molecule has 1 aliphatic rings. The van der Waals surface area contributed by atoms with Crippen LogP contribution in [-0.2, 0) is 17.0 Å². The average molecular weight is 312 g/mol. The molecule has 2 aromatic carbocycles. The minimum atomic E-state index is -0.502. The zero-order chi connectivity index (χ0) is 16.8. The van der Waals surface area contributed by atoms with E-state index in [-0.39, 0.29) is 12.6 Å². The quantitative estimate of drug-likeness (QED) is 0.678. The van der Waals surface area contributed by atoms with Crippen LogP contribution < -0.4 is 9.47 Å². The summed E-state index contributed by atoms with van der Waals surface area (Å²) in [5.74, 6) is 0.802. The lowest BCUT2D eigenvalue weighted by atomic mass is 9.84. The van der Waals surface area contributed by atoms with Gasteiger partial charge in [0, 0.05) is 12.5 Å². The van der Waals surface area contributed by atoms with Crippen molar-refractivity contribution in [3.05, 3.63) is 47.0 Å². The second-order valence-corrected chi connectivity index (χ2v) is 6.38. The molecule has 0 saturated heterocycles. The molecule has 0 fully saturated rings. The molecule has 0 atom stereocenters. The number of fused-ring (bicyclic) bond motifs is 3. The van der Waals surface area contributed by atoms with Crippen molar-refractivity contribution in [3.8, 4) is 22.6 Å². The van der Waals surface area contributed by atoms with Gasteiger partial charge in [-0.2, -0.15) is 0 Å². The van der Waals surface area contributed by atoms with E-state index in [1.54, 1.807) is 0 Å². The van der Waals surface area contributed by atoms with E-state index in [0.717, 1.165) is 27.8 Å². The lowest BCUT2D eigenvalue weighted by Crippen LogP contribution is -2.29. The van der Waals surface area contributed by atoms with Crippen LogP contribution >= 0.6 is 0 Å². The van der Waals surface area contributed by atoms with Gasteiger partial charge >= 0.3 is 5.97 Å². The van der Waals surface area contributed by atoms with Gasteiger partial charge < -0.3 is 14.6 Å². The number of carbonyl (C=O) groups excluding carboxylic acids is 1. The molecule has 1 aliphatic heterocycles. The summed E-state index contributed by atoms with van der Waals surface area (Å²) in [5.41, 5.74) is 3.95. The van der Waals surface area contributed by atoms with E-state index in [2.05, 4.69) is 0 Å². The maximum Gasteiger partial charge on any atom is 0.308 e. The van der Waals surface area contributed by atoms with Gasteiger partial charge in [0.15, 0.2) is 0 Å². The zero-order valence-corrected chi connectivity index (χ0v) is 13.8. The monoisotopic (exact) mass is 312 g/mol. The third-order valence-electron chi connectivity index (χ3n) is 4.01. The molecule has 0 saturated carbocycles. The van der Waals surface area contributed by atoms with Crippen molar-refractivity contribution in [1.29, 1.82) is 0 Å². The van der Waals surface area contributed by atoms with E-state index in [1.807, 2.05) is 51.1 Å². The van der Waals surface area contributed by atoms with Crippen LogP contribution in [0.3, 0.4) is 0 Å². The van der Waals surface area contributed by atoms with Gasteiger partial charge in [-0.25, -0.2) is 0 Å². The molecule has 23 heavy (non-hydrogen) atoms. The second kappa shape index (κ2) is 5.39. The Morgan fingerprint density at radius 2 is 2.00 bits per heavy atom. The largest absolute Gasteiger partial charge is 0.482 e. The van der Waals surface area contributed by atoms with Crippen molar-refractivity contribution in [2.75, 3.05) is 0 Å². The van der Waals surface area contributed by atoms with Crippen LogP contribution in [0.5, 0.6) is 11.5 Å². The van der Waals surface area contributed by atoms with Gasteiger partial charge in [-0.3, -0.25) is 4.79 Å². The number of rotatable bonds is 2. The molecule has 4 heteroatoms. The summed E-state index contributed by atoms with van der Waals surface area (Å²) >= 11 is 0. The van der Waals surface area contributed by atoms with Gasteiger partial charge in [0.05, 0.1) is 12.2 Å². The fourth-order valence-electron chi connectivity index (χ4n) is 3.05. The molecule has 0 aromatic heterocycles. The lowest BCUT2D eigenvalue weighted by Gasteiger charge is -2.36. The molecule has 2 aromatic rings. The molecule has 4 nitrogen and oxygen atoms in total. The first-order valence-electron chi connectivity index (χ1n) is 7.58. The standard InChI is InChI=1S/C19H20O4/c1-11-7-16(22-12(2)21)18-14-9-13(10-20)5-6-15(14)19(3,4)23-17(18)8-11/h5-9,20H,10H2,1-4H3. The molecule has 0 aliphatic carbocycles. The van der Waals surface area contributed by atoms with Gasteiger partial charge in [-0.15, -0.1) is 0 Å². The number of aliphatic hydroxyl groups is 1. The number of aryl methyl sites for hydroxylation is 1. The Balaban J connectivity index is 2.31. The van der Waals surface area contributed by atoms with Crippen LogP contribution in [0.2, 0.25) is 0 Å². The predicted octanol–water partition coefficient (Wildman–Crippen LogP) is 3.71. The third-order valence-corrected chi connectivity index (χ3v) is 4.01. The number of hydrogen-bond donors (Lipinski definition) is 1. The molecule has 0 amide bonds. The number of esters is 1. The lowest BCUT2D eigenvalue weighted by molar-refractivity contribution is -0.131. The fraction of sp³-hybridized carbons (Fsp3) is 0.316. The van der Waals surface area contributed by atoms with E-state index in [4.69, 9.17) is 9.47 Å². The van der Waals surface area contributed by atoms with Crippen molar-refractivity contribution in [3.63, 3.8) is 0 Å². The summed E-state index contributed by atoms with van der Waals surface area (Å²) < 4.78 is 11.6. The third kappa shape index (κ3) is 2.70. The van der Waals surface area contributed by atoms with E-state index >= 15 is 0 Å². The highest BCUT2D eigenvalue weighted by Crippen LogP contribution is 2.50. The maximum atomic E-state index is 11.5. The highest BCUT2D eigenvalue weighted by Gasteiger charge is 2.34. The molecule has 120 valence electrons. The van der Waals surface area contributed by atoms with Crippen molar-refractivity contribution >= 4 is 5.97 Å². The minimum Gasteiger partial charge on any atom is -0.482 e. The summed E-state index contributed by atoms with van der Waals surface area (Å²) in [6, 6.07) is 9.55. The van der Waals surface area contributed by atoms with Gasteiger partial charge in [-0.1, -0.05) is 12.1 Å². The number of ether oxygens (including phenoxy) is 2. The van der Waals surface area contributed by atoms with Gasteiger partial charge in [-0.05, 0) is 55.7 Å². The molecule has 0 unspecified atom stereocenters. The number of hydrogen-bond acceptors (Lipinski definition) is 4.